The van der Waals surface area contributed by atoms with Gasteiger partial charge in [0.1, 0.15) is 5.75 Å². The van der Waals surface area contributed by atoms with Crippen LogP contribution in [-0.4, -0.2) is 13.2 Å². The Bertz CT molecular complexity index is 416. The third kappa shape index (κ3) is 2.64. The number of nitrogens with two attached hydrogens (primary N) is 1. The third-order valence-corrected chi connectivity index (χ3v) is 3.20. The van der Waals surface area contributed by atoms with E-state index >= 15 is 0 Å². The zero-order valence-corrected chi connectivity index (χ0v) is 11.4. The first-order valence-electron chi connectivity index (χ1n) is 6.08. The Labute approximate surface area is 107 Å². The first kappa shape index (κ1) is 14.9. The number of alkyl halides is 2. The highest BCUT2D eigenvalue weighted by Gasteiger charge is 2.47. The van der Waals surface area contributed by atoms with Crippen molar-refractivity contribution < 1.29 is 13.5 Å². The lowest BCUT2D eigenvalue weighted by Crippen LogP contribution is -2.40. The SMILES string of the molecule is CCOc1ccc(C(F)(F)C(C)(C)CN)cc1C. The Balaban J connectivity index is 3.15. The summed E-state index contributed by atoms with van der Waals surface area (Å²) in [6.45, 7) is 7.01. The molecule has 0 saturated heterocycles. The standard InChI is InChI=1S/C14H21F2NO/c1-5-18-12-7-6-11(8-10(12)2)14(15,16)13(3,4)9-17/h6-8H,5,9,17H2,1-4H3. The van der Waals surface area contributed by atoms with E-state index in [0.29, 0.717) is 17.9 Å². The highest BCUT2D eigenvalue weighted by Crippen LogP contribution is 2.44. The maximum Gasteiger partial charge on any atom is 0.279 e. The molecule has 1 aromatic carbocycles. The maximum absolute atomic E-state index is 14.3. The van der Waals surface area contributed by atoms with Gasteiger partial charge in [-0.05, 0) is 37.6 Å². The molecule has 2 nitrogen and oxygen atoms in total. The van der Waals surface area contributed by atoms with Crippen molar-refractivity contribution in [1.82, 2.24) is 0 Å². The second kappa shape index (κ2) is 5.22. The predicted molar refractivity (Wildman–Crippen MR) is 69.1 cm³/mol. The smallest absolute Gasteiger partial charge is 0.279 e. The van der Waals surface area contributed by atoms with Gasteiger partial charge in [-0.1, -0.05) is 13.8 Å². The molecule has 0 heterocycles. The number of ether oxygens (including phenoxy) is 1. The minimum Gasteiger partial charge on any atom is -0.494 e. The number of hydrogen-bond donors (Lipinski definition) is 1. The van der Waals surface area contributed by atoms with Crippen LogP contribution in [0.4, 0.5) is 8.78 Å². The van der Waals surface area contributed by atoms with Crippen molar-refractivity contribution >= 4 is 0 Å². The van der Waals surface area contributed by atoms with Gasteiger partial charge in [0, 0.05) is 17.5 Å². The molecule has 2 N–H and O–H groups in total. The lowest BCUT2D eigenvalue weighted by molar-refractivity contribution is -0.108. The minimum absolute atomic E-state index is 0.0149. The Morgan fingerprint density at radius 2 is 1.89 bits per heavy atom. The predicted octanol–water partition coefficient (Wildman–Crippen LogP) is 3.47. The summed E-state index contributed by atoms with van der Waals surface area (Å²) < 4.78 is 34.0. The van der Waals surface area contributed by atoms with Gasteiger partial charge in [-0.25, -0.2) is 8.78 Å². The van der Waals surface area contributed by atoms with Crippen LogP contribution in [0.25, 0.3) is 0 Å². The summed E-state index contributed by atoms with van der Waals surface area (Å²) in [5.41, 5.74) is 4.86. The van der Waals surface area contributed by atoms with Gasteiger partial charge in [0.2, 0.25) is 0 Å². The van der Waals surface area contributed by atoms with Gasteiger partial charge in [-0.15, -0.1) is 0 Å². The summed E-state index contributed by atoms with van der Waals surface area (Å²) in [4.78, 5) is 0. The normalized spacial score (nSPS) is 12.6. The molecule has 0 radical (unpaired) electrons. The molecule has 0 unspecified atom stereocenters. The van der Waals surface area contributed by atoms with E-state index < -0.39 is 11.3 Å². The van der Waals surface area contributed by atoms with E-state index in [2.05, 4.69) is 0 Å². The molecule has 0 bridgehead atoms. The number of halogens is 2. The van der Waals surface area contributed by atoms with Gasteiger partial charge >= 0.3 is 0 Å². The van der Waals surface area contributed by atoms with Gasteiger partial charge in [-0.3, -0.25) is 0 Å². The number of rotatable bonds is 5. The van der Waals surface area contributed by atoms with Crippen LogP contribution in [0.1, 0.15) is 31.9 Å². The van der Waals surface area contributed by atoms with E-state index in [1.165, 1.54) is 26.0 Å². The first-order valence-corrected chi connectivity index (χ1v) is 6.08. The molecule has 1 aromatic rings. The van der Waals surface area contributed by atoms with Crippen LogP contribution in [0.15, 0.2) is 18.2 Å². The Morgan fingerprint density at radius 1 is 1.28 bits per heavy atom. The van der Waals surface area contributed by atoms with E-state index in [9.17, 15) is 8.78 Å². The topological polar surface area (TPSA) is 35.2 Å². The van der Waals surface area contributed by atoms with Crippen LogP contribution in [0.3, 0.4) is 0 Å². The average Bonchev–Trinajstić information content (AvgIpc) is 2.31. The van der Waals surface area contributed by atoms with E-state index in [-0.39, 0.29) is 12.1 Å². The molecule has 102 valence electrons. The van der Waals surface area contributed by atoms with Crippen LogP contribution in [0.2, 0.25) is 0 Å². The third-order valence-electron chi connectivity index (χ3n) is 3.20. The highest BCUT2D eigenvalue weighted by molar-refractivity contribution is 5.38. The Kier molecular flexibility index (Phi) is 4.32. The van der Waals surface area contributed by atoms with Crippen molar-refractivity contribution in [2.24, 2.45) is 11.1 Å². The maximum atomic E-state index is 14.3. The van der Waals surface area contributed by atoms with Gasteiger partial charge in [0.15, 0.2) is 0 Å². The summed E-state index contributed by atoms with van der Waals surface area (Å²) in [5.74, 6) is -2.32. The second-order valence-electron chi connectivity index (χ2n) is 5.08. The van der Waals surface area contributed by atoms with Crippen molar-refractivity contribution in [2.45, 2.75) is 33.6 Å². The summed E-state index contributed by atoms with van der Waals surface area (Å²) in [6.07, 6.45) is 0. The summed E-state index contributed by atoms with van der Waals surface area (Å²) in [7, 11) is 0. The number of aryl methyl sites for hydroxylation is 1. The van der Waals surface area contributed by atoms with Gasteiger partial charge in [0.25, 0.3) is 5.92 Å². The molecule has 0 aromatic heterocycles. The fourth-order valence-corrected chi connectivity index (χ4v) is 1.68. The number of hydrogen-bond acceptors (Lipinski definition) is 2. The summed E-state index contributed by atoms with van der Waals surface area (Å²) >= 11 is 0. The van der Waals surface area contributed by atoms with Gasteiger partial charge in [-0.2, -0.15) is 0 Å². The quantitative estimate of drug-likeness (QED) is 0.876. The van der Waals surface area contributed by atoms with Crippen LogP contribution in [0, 0.1) is 12.3 Å². The summed E-state index contributed by atoms with van der Waals surface area (Å²) in [6, 6.07) is 4.48. The Hall–Kier alpha value is -1.16. The zero-order valence-electron chi connectivity index (χ0n) is 11.4. The van der Waals surface area contributed by atoms with Gasteiger partial charge in [0.05, 0.1) is 6.61 Å². The molecule has 0 fully saturated rings. The van der Waals surface area contributed by atoms with Crippen molar-refractivity contribution in [2.75, 3.05) is 13.2 Å². The van der Waals surface area contributed by atoms with Crippen molar-refractivity contribution in [1.29, 1.82) is 0 Å². The van der Waals surface area contributed by atoms with E-state index in [1.807, 2.05) is 6.92 Å². The summed E-state index contributed by atoms with van der Waals surface area (Å²) in [5, 5.41) is 0. The molecule has 0 spiro atoms. The number of benzene rings is 1. The second-order valence-corrected chi connectivity index (χ2v) is 5.08. The van der Waals surface area contributed by atoms with Crippen molar-refractivity contribution in [3.63, 3.8) is 0 Å². The molecule has 0 amide bonds. The molecule has 0 aliphatic rings. The molecule has 0 aliphatic carbocycles. The molecule has 1 rings (SSSR count). The fraction of sp³-hybridized carbons (Fsp3) is 0.571. The lowest BCUT2D eigenvalue weighted by atomic mass is 9.81. The fourth-order valence-electron chi connectivity index (χ4n) is 1.68. The van der Waals surface area contributed by atoms with E-state index in [1.54, 1.807) is 13.0 Å². The molecule has 0 aliphatic heterocycles. The van der Waals surface area contributed by atoms with Crippen molar-refractivity contribution in [3.05, 3.63) is 29.3 Å². The average molecular weight is 257 g/mol. The van der Waals surface area contributed by atoms with Crippen LogP contribution in [-0.2, 0) is 5.92 Å². The first-order chi connectivity index (χ1) is 8.26. The van der Waals surface area contributed by atoms with E-state index in [4.69, 9.17) is 10.5 Å². The van der Waals surface area contributed by atoms with Crippen LogP contribution in [0.5, 0.6) is 5.75 Å². The largest absolute Gasteiger partial charge is 0.494 e. The van der Waals surface area contributed by atoms with Crippen LogP contribution >= 0.6 is 0 Å². The highest BCUT2D eigenvalue weighted by atomic mass is 19.3. The minimum atomic E-state index is -2.96. The molecular formula is C14H21F2NO. The molecule has 0 saturated carbocycles. The van der Waals surface area contributed by atoms with E-state index in [0.717, 1.165) is 0 Å². The monoisotopic (exact) mass is 257 g/mol. The van der Waals surface area contributed by atoms with Crippen molar-refractivity contribution in [3.8, 4) is 5.75 Å². The van der Waals surface area contributed by atoms with Crippen LogP contribution < -0.4 is 10.5 Å². The molecular weight excluding hydrogens is 236 g/mol. The molecule has 4 heteroatoms. The molecule has 0 atom stereocenters. The zero-order chi connectivity index (χ0) is 14.0. The lowest BCUT2D eigenvalue weighted by Gasteiger charge is -2.33. The van der Waals surface area contributed by atoms with Gasteiger partial charge < -0.3 is 10.5 Å². The molecule has 18 heavy (non-hydrogen) atoms. The Morgan fingerprint density at radius 3 is 2.33 bits per heavy atom.